The molecule has 0 aromatic heterocycles. The van der Waals surface area contributed by atoms with Crippen molar-refractivity contribution in [2.45, 2.75) is 32.1 Å². The van der Waals surface area contributed by atoms with Crippen LogP contribution in [0.2, 0.25) is 0 Å². The van der Waals surface area contributed by atoms with Crippen molar-refractivity contribution in [2.75, 3.05) is 26.2 Å². The normalized spacial score (nSPS) is 19.4. The second-order valence-corrected chi connectivity index (χ2v) is 3.31. The molecule has 0 N–H and O–H groups in total. The zero-order valence-corrected chi connectivity index (χ0v) is 7.22. The summed E-state index contributed by atoms with van der Waals surface area (Å²) in [5.74, 6) is 0. The molecule has 0 amide bonds. The minimum absolute atomic E-state index is 0.111. The van der Waals surface area contributed by atoms with E-state index < -0.39 is 0 Å². The van der Waals surface area contributed by atoms with Gasteiger partial charge in [0.2, 0.25) is 0 Å². The van der Waals surface area contributed by atoms with Crippen molar-refractivity contribution in [1.82, 2.24) is 4.90 Å². The van der Waals surface area contributed by atoms with Crippen LogP contribution in [0.3, 0.4) is 0 Å². The lowest BCUT2D eigenvalue weighted by molar-refractivity contribution is 0.184. The number of rotatable bonds is 5. The molecule has 1 saturated heterocycles. The average molecular weight is 156 g/mol. The minimum atomic E-state index is 0.111. The van der Waals surface area contributed by atoms with E-state index >= 15 is 0 Å². The second-order valence-electron chi connectivity index (χ2n) is 3.31. The fourth-order valence-electron chi connectivity index (χ4n) is 1.62. The lowest BCUT2D eigenvalue weighted by Crippen LogP contribution is -2.20. The Labute approximate surface area is 69.2 Å². The predicted octanol–water partition coefficient (Wildman–Crippen LogP) is 1.68. The first kappa shape index (κ1) is 9.01. The second kappa shape index (κ2) is 5.56. The maximum Gasteiger partial charge on any atom is 0.0822 e. The molecule has 0 aliphatic carbocycles. The van der Waals surface area contributed by atoms with Gasteiger partial charge in [-0.15, -0.1) is 0 Å². The van der Waals surface area contributed by atoms with E-state index in [9.17, 15) is 5.11 Å². The van der Waals surface area contributed by atoms with Crippen molar-refractivity contribution < 1.29 is 5.11 Å². The topological polar surface area (TPSA) is 23.1 Å². The highest BCUT2D eigenvalue weighted by atomic mass is 16.2. The molecular formula is C9H18NO. The zero-order valence-electron chi connectivity index (χ0n) is 7.22. The van der Waals surface area contributed by atoms with Gasteiger partial charge in [-0.2, -0.15) is 0 Å². The van der Waals surface area contributed by atoms with Gasteiger partial charge >= 0.3 is 0 Å². The molecule has 0 saturated carbocycles. The van der Waals surface area contributed by atoms with Gasteiger partial charge in [0.1, 0.15) is 0 Å². The highest BCUT2D eigenvalue weighted by molar-refractivity contribution is 4.65. The van der Waals surface area contributed by atoms with Crippen LogP contribution in [0.25, 0.3) is 0 Å². The van der Waals surface area contributed by atoms with Crippen LogP contribution in [0.15, 0.2) is 0 Å². The molecule has 1 fully saturated rings. The molecular weight excluding hydrogens is 138 g/mol. The maximum absolute atomic E-state index is 10.1. The van der Waals surface area contributed by atoms with Crippen LogP contribution in [-0.2, 0) is 5.11 Å². The third kappa shape index (κ3) is 3.73. The molecule has 0 bridgehead atoms. The molecule has 0 spiro atoms. The Morgan fingerprint density at radius 2 is 1.73 bits per heavy atom. The standard InChI is InChI=1S/C9H18NO/c11-9-5-1-2-6-10-7-3-4-8-10/h1-9H2. The summed E-state index contributed by atoms with van der Waals surface area (Å²) in [5.41, 5.74) is 0. The van der Waals surface area contributed by atoms with Gasteiger partial charge in [0.05, 0.1) is 6.61 Å². The number of unbranched alkanes of at least 4 members (excludes halogenated alkanes) is 2. The third-order valence-corrected chi connectivity index (χ3v) is 2.32. The Morgan fingerprint density at radius 1 is 1.00 bits per heavy atom. The van der Waals surface area contributed by atoms with Crippen LogP contribution in [0.1, 0.15) is 32.1 Å². The minimum Gasteiger partial charge on any atom is -0.303 e. The molecule has 0 atom stereocenters. The quantitative estimate of drug-likeness (QED) is 0.555. The van der Waals surface area contributed by atoms with E-state index in [1.165, 1.54) is 38.9 Å². The molecule has 1 aliphatic heterocycles. The lowest BCUT2D eigenvalue weighted by atomic mass is 10.2. The third-order valence-electron chi connectivity index (χ3n) is 2.32. The van der Waals surface area contributed by atoms with E-state index in [1.54, 1.807) is 0 Å². The molecule has 1 radical (unpaired) electrons. The molecule has 0 aromatic carbocycles. The maximum atomic E-state index is 10.1. The number of hydrogen-bond acceptors (Lipinski definition) is 1. The Hall–Kier alpha value is -0.0800. The smallest absolute Gasteiger partial charge is 0.0822 e. The molecule has 0 aromatic rings. The van der Waals surface area contributed by atoms with Crippen LogP contribution in [0.4, 0.5) is 0 Å². The Balaban J connectivity index is 1.86. The number of hydrogen-bond donors (Lipinski definition) is 0. The summed E-state index contributed by atoms with van der Waals surface area (Å²) in [5, 5.41) is 10.1. The van der Waals surface area contributed by atoms with Gasteiger partial charge in [0.15, 0.2) is 0 Å². The number of likely N-dealkylation sites (tertiary alicyclic amines) is 1. The first-order valence-corrected chi connectivity index (χ1v) is 4.74. The summed E-state index contributed by atoms with van der Waals surface area (Å²) in [7, 11) is 0. The van der Waals surface area contributed by atoms with Crippen LogP contribution in [-0.4, -0.2) is 31.1 Å². The van der Waals surface area contributed by atoms with Crippen molar-refractivity contribution in [3.8, 4) is 0 Å². The summed E-state index contributed by atoms with van der Waals surface area (Å²) >= 11 is 0. The summed E-state index contributed by atoms with van der Waals surface area (Å²) in [6, 6.07) is 0. The first-order valence-electron chi connectivity index (χ1n) is 4.74. The van der Waals surface area contributed by atoms with Crippen LogP contribution >= 0.6 is 0 Å². The lowest BCUT2D eigenvalue weighted by Gasteiger charge is -2.13. The summed E-state index contributed by atoms with van der Waals surface area (Å²) in [6.07, 6.45) is 5.97. The molecule has 1 aliphatic rings. The van der Waals surface area contributed by atoms with E-state index in [-0.39, 0.29) is 6.61 Å². The van der Waals surface area contributed by atoms with Crippen molar-refractivity contribution in [3.63, 3.8) is 0 Å². The van der Waals surface area contributed by atoms with Gasteiger partial charge in [-0.05, 0) is 51.7 Å². The molecule has 2 nitrogen and oxygen atoms in total. The van der Waals surface area contributed by atoms with Crippen molar-refractivity contribution in [3.05, 3.63) is 0 Å². The number of nitrogens with zero attached hydrogens (tertiary/aromatic N) is 1. The Bertz CT molecular complexity index is 89.6. The first-order chi connectivity index (χ1) is 5.43. The van der Waals surface area contributed by atoms with Gasteiger partial charge in [0, 0.05) is 0 Å². The Morgan fingerprint density at radius 3 is 2.36 bits per heavy atom. The summed E-state index contributed by atoms with van der Waals surface area (Å²) < 4.78 is 0. The Kier molecular flexibility index (Phi) is 4.55. The van der Waals surface area contributed by atoms with Gasteiger partial charge in [-0.25, -0.2) is 5.11 Å². The van der Waals surface area contributed by atoms with Crippen LogP contribution < -0.4 is 0 Å². The molecule has 11 heavy (non-hydrogen) atoms. The van der Waals surface area contributed by atoms with Gasteiger partial charge in [-0.1, -0.05) is 0 Å². The SMILES string of the molecule is [O]CCCCCN1CCCC1. The molecule has 65 valence electrons. The van der Waals surface area contributed by atoms with Crippen molar-refractivity contribution >= 4 is 0 Å². The fraction of sp³-hybridized carbons (Fsp3) is 1.00. The highest BCUT2D eigenvalue weighted by Gasteiger charge is 2.09. The van der Waals surface area contributed by atoms with Crippen molar-refractivity contribution in [2.24, 2.45) is 0 Å². The largest absolute Gasteiger partial charge is 0.303 e. The molecule has 0 unspecified atom stereocenters. The van der Waals surface area contributed by atoms with E-state index in [0.29, 0.717) is 0 Å². The zero-order chi connectivity index (χ0) is 7.94. The molecule has 1 rings (SSSR count). The van der Waals surface area contributed by atoms with Gasteiger partial charge in [-0.3, -0.25) is 0 Å². The molecule has 2 heteroatoms. The van der Waals surface area contributed by atoms with Gasteiger partial charge in [0.25, 0.3) is 0 Å². The summed E-state index contributed by atoms with van der Waals surface area (Å²) in [6.45, 7) is 3.91. The average Bonchev–Trinajstić information content (AvgIpc) is 2.50. The van der Waals surface area contributed by atoms with E-state index in [1.807, 2.05) is 0 Å². The fourth-order valence-corrected chi connectivity index (χ4v) is 1.62. The van der Waals surface area contributed by atoms with Crippen LogP contribution in [0, 0.1) is 0 Å². The monoisotopic (exact) mass is 156 g/mol. The van der Waals surface area contributed by atoms with Gasteiger partial charge < -0.3 is 4.90 Å². The summed E-state index contributed by atoms with van der Waals surface area (Å²) in [4.78, 5) is 2.50. The van der Waals surface area contributed by atoms with E-state index in [2.05, 4.69) is 4.90 Å². The van der Waals surface area contributed by atoms with Crippen LogP contribution in [0.5, 0.6) is 0 Å². The molecule has 1 heterocycles. The van der Waals surface area contributed by atoms with E-state index in [4.69, 9.17) is 0 Å². The highest BCUT2D eigenvalue weighted by Crippen LogP contribution is 2.08. The van der Waals surface area contributed by atoms with E-state index in [0.717, 1.165) is 12.8 Å². The predicted molar refractivity (Wildman–Crippen MR) is 45.1 cm³/mol. The van der Waals surface area contributed by atoms with Crippen molar-refractivity contribution in [1.29, 1.82) is 0 Å².